The number of aromatic nitrogens is 3. The molecule has 13 heteroatoms. The normalized spacial score (nSPS) is 16.7. The van der Waals surface area contributed by atoms with Gasteiger partial charge in [0.2, 0.25) is 5.95 Å². The molecular formula is C33H43F2N7O3S. The molecule has 1 saturated heterocycles. The van der Waals surface area contributed by atoms with Crippen molar-refractivity contribution in [3.05, 3.63) is 51.4 Å². The molecule has 46 heavy (non-hydrogen) atoms. The lowest BCUT2D eigenvalue weighted by molar-refractivity contribution is -0.127. The largest absolute Gasteiger partial charge is 0.372 e. The lowest BCUT2D eigenvalue weighted by Gasteiger charge is -2.28. The number of ether oxygens (including phenoxy) is 1. The van der Waals surface area contributed by atoms with Gasteiger partial charge in [-0.05, 0) is 75.8 Å². The van der Waals surface area contributed by atoms with Crippen LogP contribution in [-0.2, 0) is 22.6 Å². The van der Waals surface area contributed by atoms with E-state index in [4.69, 9.17) is 14.7 Å². The van der Waals surface area contributed by atoms with Crippen LogP contribution in [0.1, 0.15) is 87.8 Å². The standard InChI is InChI=1S/C33H43F2N7O3S/c1-8-45-33(6,7)15-22(16-36)30(44)41-13-9-10-23(41)19-42-28-24(14-21(18-38-28)17-37-20(2)32(3,4)5)39-31(42)40-29(43)26-12-11-25(46-26)27(34)35/h11-12,14-15,18,20,23,27,37H,8-10,13,17,19H2,1-7H3,(H,39,40,43)/t20-,23+/m0/s1. The van der Waals surface area contributed by atoms with E-state index in [-0.39, 0.29) is 51.2 Å². The van der Waals surface area contributed by atoms with E-state index >= 15 is 0 Å². The highest BCUT2D eigenvalue weighted by Gasteiger charge is 2.33. The molecule has 0 radical (unpaired) electrons. The minimum atomic E-state index is -2.68. The number of alkyl halides is 2. The van der Waals surface area contributed by atoms with Crippen molar-refractivity contribution >= 4 is 40.3 Å². The lowest BCUT2D eigenvalue weighted by Crippen LogP contribution is -2.39. The van der Waals surface area contributed by atoms with E-state index in [9.17, 15) is 23.6 Å². The number of nitrogens with zero attached hydrogens (tertiary/aromatic N) is 5. The highest BCUT2D eigenvalue weighted by atomic mass is 32.1. The quantitative estimate of drug-likeness (QED) is 0.169. The minimum Gasteiger partial charge on any atom is -0.372 e. The van der Waals surface area contributed by atoms with Gasteiger partial charge in [0.25, 0.3) is 18.2 Å². The van der Waals surface area contributed by atoms with Crippen LogP contribution >= 0.6 is 11.3 Å². The maximum atomic E-state index is 13.6. The Balaban J connectivity index is 1.66. The summed E-state index contributed by atoms with van der Waals surface area (Å²) in [6.45, 7) is 15.8. The average molecular weight is 656 g/mol. The van der Waals surface area contributed by atoms with Gasteiger partial charge in [0.1, 0.15) is 17.2 Å². The maximum absolute atomic E-state index is 13.6. The van der Waals surface area contributed by atoms with E-state index < -0.39 is 17.9 Å². The number of hydrogen-bond donors (Lipinski definition) is 2. The van der Waals surface area contributed by atoms with Crippen molar-refractivity contribution < 1.29 is 23.1 Å². The summed E-state index contributed by atoms with van der Waals surface area (Å²) in [6.07, 6.45) is 2.04. The Kier molecular flexibility index (Phi) is 11.0. The zero-order chi connectivity index (χ0) is 33.8. The third-order valence-electron chi connectivity index (χ3n) is 8.23. The van der Waals surface area contributed by atoms with Gasteiger partial charge in [-0.2, -0.15) is 5.26 Å². The number of nitrogens with one attached hydrogen (secondary N) is 2. The van der Waals surface area contributed by atoms with Crippen molar-refractivity contribution in [1.82, 2.24) is 24.8 Å². The van der Waals surface area contributed by atoms with E-state index in [1.165, 1.54) is 12.1 Å². The Hall–Kier alpha value is -3.73. The van der Waals surface area contributed by atoms with Gasteiger partial charge < -0.3 is 15.0 Å². The molecule has 0 aliphatic carbocycles. The minimum absolute atomic E-state index is 0.00153. The first kappa shape index (κ1) is 35.1. The van der Waals surface area contributed by atoms with Crippen LogP contribution in [0.5, 0.6) is 0 Å². The topological polar surface area (TPSA) is 125 Å². The first-order chi connectivity index (χ1) is 21.6. The van der Waals surface area contributed by atoms with E-state index in [2.05, 4.69) is 38.3 Å². The third kappa shape index (κ3) is 8.34. The van der Waals surface area contributed by atoms with Gasteiger partial charge in [-0.15, -0.1) is 11.3 Å². The average Bonchev–Trinajstić information content (AvgIpc) is 3.73. The molecule has 248 valence electrons. The van der Waals surface area contributed by atoms with Gasteiger partial charge in [0, 0.05) is 38.5 Å². The first-order valence-electron chi connectivity index (χ1n) is 15.5. The summed E-state index contributed by atoms with van der Waals surface area (Å²) in [5.41, 5.74) is 1.23. The summed E-state index contributed by atoms with van der Waals surface area (Å²) in [5, 5.41) is 16.2. The van der Waals surface area contributed by atoms with Gasteiger partial charge in [-0.3, -0.25) is 19.5 Å². The van der Waals surface area contributed by atoms with Crippen molar-refractivity contribution in [3.63, 3.8) is 0 Å². The number of imidazole rings is 1. The van der Waals surface area contributed by atoms with E-state index in [0.29, 0.717) is 37.3 Å². The summed E-state index contributed by atoms with van der Waals surface area (Å²) in [5.74, 6) is -0.762. The summed E-state index contributed by atoms with van der Waals surface area (Å²) in [4.78, 5) is 37.8. The van der Waals surface area contributed by atoms with E-state index in [1.807, 2.05) is 19.1 Å². The molecular weight excluding hydrogens is 612 g/mol. The van der Waals surface area contributed by atoms with Gasteiger partial charge in [0.05, 0.1) is 21.4 Å². The van der Waals surface area contributed by atoms with Crippen LogP contribution in [0.15, 0.2) is 36.0 Å². The smallest absolute Gasteiger partial charge is 0.272 e. The second kappa shape index (κ2) is 14.4. The fourth-order valence-corrected chi connectivity index (χ4v) is 6.07. The lowest BCUT2D eigenvalue weighted by atomic mass is 9.88. The van der Waals surface area contributed by atoms with Crippen molar-refractivity contribution in [2.45, 2.75) is 98.5 Å². The Bertz CT molecular complexity index is 1630. The number of hydrogen-bond acceptors (Lipinski definition) is 8. The molecule has 2 amide bonds. The van der Waals surface area contributed by atoms with Crippen LogP contribution in [0.2, 0.25) is 0 Å². The van der Waals surface area contributed by atoms with Crippen molar-refractivity contribution in [2.75, 3.05) is 18.5 Å². The molecule has 4 rings (SSSR count). The van der Waals surface area contributed by atoms with Crippen molar-refractivity contribution in [3.8, 4) is 6.07 Å². The number of thiophene rings is 1. The number of halogens is 2. The number of rotatable bonds is 12. The molecule has 0 spiro atoms. The Labute approximate surface area is 272 Å². The first-order valence-corrected chi connectivity index (χ1v) is 16.3. The number of amides is 2. The van der Waals surface area contributed by atoms with Gasteiger partial charge in [-0.1, -0.05) is 20.8 Å². The molecule has 0 unspecified atom stereocenters. The van der Waals surface area contributed by atoms with Crippen molar-refractivity contribution in [1.29, 1.82) is 5.26 Å². The van der Waals surface area contributed by atoms with Crippen molar-refractivity contribution in [2.24, 2.45) is 5.41 Å². The molecule has 0 saturated carbocycles. The van der Waals surface area contributed by atoms with Gasteiger partial charge in [-0.25, -0.2) is 18.7 Å². The number of pyridine rings is 1. The molecule has 10 nitrogen and oxygen atoms in total. The van der Waals surface area contributed by atoms with Crippen LogP contribution in [0.3, 0.4) is 0 Å². The van der Waals surface area contributed by atoms with Crippen LogP contribution in [0.4, 0.5) is 14.7 Å². The highest BCUT2D eigenvalue weighted by molar-refractivity contribution is 7.14. The molecule has 1 aliphatic heterocycles. The second-order valence-corrected chi connectivity index (χ2v) is 14.3. The molecule has 0 bridgehead atoms. The molecule has 2 atom stereocenters. The fourth-order valence-electron chi connectivity index (χ4n) is 5.31. The number of likely N-dealkylation sites (tertiary alicyclic amines) is 1. The summed E-state index contributed by atoms with van der Waals surface area (Å²) < 4.78 is 33.9. The van der Waals surface area contributed by atoms with Gasteiger partial charge in [0.15, 0.2) is 5.65 Å². The monoisotopic (exact) mass is 655 g/mol. The third-order valence-corrected chi connectivity index (χ3v) is 9.33. The van der Waals surface area contributed by atoms with Crippen LogP contribution < -0.4 is 10.6 Å². The van der Waals surface area contributed by atoms with Crippen LogP contribution in [0.25, 0.3) is 11.2 Å². The molecule has 3 aromatic heterocycles. The molecule has 4 heterocycles. The molecule has 2 N–H and O–H groups in total. The van der Waals surface area contributed by atoms with Gasteiger partial charge >= 0.3 is 0 Å². The number of nitriles is 1. The molecule has 1 fully saturated rings. The Morgan fingerprint density at radius 1 is 1.26 bits per heavy atom. The zero-order valence-corrected chi connectivity index (χ0v) is 28.3. The molecule has 1 aliphatic rings. The number of carbonyl (C=O) groups excluding carboxylic acids is 2. The number of anilines is 1. The maximum Gasteiger partial charge on any atom is 0.272 e. The van der Waals surface area contributed by atoms with E-state index in [1.54, 1.807) is 35.6 Å². The highest BCUT2D eigenvalue weighted by Crippen LogP contribution is 2.30. The predicted octanol–water partition coefficient (Wildman–Crippen LogP) is 6.46. The van der Waals surface area contributed by atoms with Crippen LogP contribution in [0, 0.1) is 16.7 Å². The van der Waals surface area contributed by atoms with E-state index in [0.717, 1.165) is 23.3 Å². The summed E-state index contributed by atoms with van der Waals surface area (Å²) in [7, 11) is 0. The van der Waals surface area contributed by atoms with Crippen LogP contribution in [-0.4, -0.2) is 62.1 Å². The Morgan fingerprint density at radius 2 is 2.00 bits per heavy atom. The Morgan fingerprint density at radius 3 is 2.63 bits per heavy atom. The summed E-state index contributed by atoms with van der Waals surface area (Å²) >= 11 is 0.722. The second-order valence-electron chi connectivity index (χ2n) is 13.2. The predicted molar refractivity (Wildman–Crippen MR) is 175 cm³/mol. The SMILES string of the molecule is CCOC(C)(C)C=C(C#N)C(=O)N1CCC[C@@H]1Cn1c(NC(=O)c2ccc(C(F)F)s2)nc2cc(CN[C@@H](C)C(C)(C)C)cnc21. The number of carbonyl (C=O) groups is 2. The molecule has 0 aromatic carbocycles. The summed E-state index contributed by atoms with van der Waals surface area (Å²) in [6, 6.07) is 6.48. The number of fused-ring (bicyclic) bond motifs is 1. The fraction of sp³-hybridized carbons (Fsp3) is 0.545. The zero-order valence-electron chi connectivity index (χ0n) is 27.5. The molecule has 3 aromatic rings.